The van der Waals surface area contributed by atoms with Crippen LogP contribution in [0.2, 0.25) is 0 Å². The average Bonchev–Trinajstić information content (AvgIpc) is 3.00. The van der Waals surface area contributed by atoms with Gasteiger partial charge in [-0.2, -0.15) is 0 Å². The molecule has 3 rings (SSSR count). The summed E-state index contributed by atoms with van der Waals surface area (Å²) in [6.07, 6.45) is 0. The largest absolute Gasteiger partial charge is 0.335 e. The third kappa shape index (κ3) is 2.10. The quantitative estimate of drug-likeness (QED) is 0.905. The van der Waals surface area contributed by atoms with Crippen molar-refractivity contribution in [2.45, 2.75) is 26.7 Å². The molecule has 6 nitrogen and oxygen atoms in total. The number of fused-ring (bicyclic) bond motifs is 1. The average molecular weight is 293 g/mol. The molecule has 1 fully saturated rings. The maximum atomic E-state index is 12.6. The van der Waals surface area contributed by atoms with Crippen LogP contribution in [0.15, 0.2) is 0 Å². The van der Waals surface area contributed by atoms with Crippen molar-refractivity contribution in [3.05, 3.63) is 16.4 Å². The van der Waals surface area contributed by atoms with Gasteiger partial charge in [0.25, 0.3) is 5.91 Å². The molecular formula is C13H19N5OS. The number of hydrogen-bond acceptors (Lipinski definition) is 5. The summed E-state index contributed by atoms with van der Waals surface area (Å²) >= 11 is 1.44. The Balaban J connectivity index is 1.99. The number of carbonyl (C=O) groups is 1. The minimum atomic E-state index is 0.120. The number of nitrogens with zero attached hydrogens (tertiary/aromatic N) is 4. The van der Waals surface area contributed by atoms with Crippen molar-refractivity contribution in [3.8, 4) is 0 Å². The Morgan fingerprint density at radius 3 is 2.65 bits per heavy atom. The highest BCUT2D eigenvalue weighted by Crippen LogP contribution is 2.26. The molecule has 1 saturated heterocycles. The Bertz CT molecular complexity index is 639. The predicted molar refractivity (Wildman–Crippen MR) is 78.5 cm³/mol. The van der Waals surface area contributed by atoms with Crippen LogP contribution in [0, 0.1) is 6.92 Å². The van der Waals surface area contributed by atoms with E-state index in [4.69, 9.17) is 0 Å². The Kier molecular flexibility index (Phi) is 3.47. The van der Waals surface area contributed by atoms with Crippen LogP contribution in [0.4, 0.5) is 0 Å². The van der Waals surface area contributed by atoms with Crippen molar-refractivity contribution < 1.29 is 4.79 Å². The Hall–Kier alpha value is -1.47. The van der Waals surface area contributed by atoms with Gasteiger partial charge in [-0.25, -0.2) is 0 Å². The molecule has 7 heteroatoms. The number of piperazine rings is 1. The molecule has 2 aromatic heterocycles. The molecule has 108 valence electrons. The highest BCUT2D eigenvalue weighted by molar-refractivity contribution is 7.19. The number of hydrogen-bond donors (Lipinski definition) is 1. The highest BCUT2D eigenvalue weighted by Gasteiger charge is 2.25. The van der Waals surface area contributed by atoms with E-state index in [2.05, 4.69) is 29.4 Å². The molecule has 0 aliphatic carbocycles. The van der Waals surface area contributed by atoms with Crippen LogP contribution in [0.3, 0.4) is 0 Å². The topological polar surface area (TPSA) is 62.5 Å². The first-order valence-corrected chi connectivity index (χ1v) is 7.75. The van der Waals surface area contributed by atoms with Crippen LogP contribution in [-0.2, 0) is 0 Å². The van der Waals surface area contributed by atoms with E-state index in [0.29, 0.717) is 5.92 Å². The summed E-state index contributed by atoms with van der Waals surface area (Å²) in [5.74, 6) is 1.34. The second kappa shape index (κ2) is 5.14. The first-order chi connectivity index (χ1) is 9.59. The molecule has 0 aromatic carbocycles. The summed E-state index contributed by atoms with van der Waals surface area (Å²) < 4.78 is 2.02. The molecule has 3 heterocycles. The number of aryl methyl sites for hydroxylation is 1. The molecular weight excluding hydrogens is 274 g/mol. The van der Waals surface area contributed by atoms with Gasteiger partial charge in [0.05, 0.1) is 0 Å². The summed E-state index contributed by atoms with van der Waals surface area (Å²) in [7, 11) is 0. The van der Waals surface area contributed by atoms with Gasteiger partial charge in [0.15, 0.2) is 0 Å². The Labute approximate surface area is 121 Å². The van der Waals surface area contributed by atoms with Crippen LogP contribution >= 0.6 is 11.3 Å². The lowest BCUT2D eigenvalue weighted by molar-refractivity contribution is 0.0739. The summed E-state index contributed by atoms with van der Waals surface area (Å²) in [4.78, 5) is 16.1. The van der Waals surface area contributed by atoms with Crippen LogP contribution < -0.4 is 5.32 Å². The Morgan fingerprint density at radius 2 is 2.00 bits per heavy atom. The Morgan fingerprint density at radius 1 is 1.30 bits per heavy atom. The lowest BCUT2D eigenvalue weighted by Crippen LogP contribution is -2.46. The van der Waals surface area contributed by atoms with Crippen molar-refractivity contribution in [1.29, 1.82) is 0 Å². The number of nitrogens with one attached hydrogen (secondary N) is 1. The van der Waals surface area contributed by atoms with Crippen LogP contribution in [0.5, 0.6) is 0 Å². The van der Waals surface area contributed by atoms with Gasteiger partial charge in [-0.15, -0.1) is 10.2 Å². The molecule has 0 saturated carbocycles. The summed E-state index contributed by atoms with van der Waals surface area (Å²) in [6, 6.07) is 0. The van der Waals surface area contributed by atoms with Gasteiger partial charge in [-0.05, 0) is 6.92 Å². The fraction of sp³-hybridized carbons (Fsp3) is 0.615. The fourth-order valence-corrected chi connectivity index (χ4v) is 3.55. The third-order valence-corrected chi connectivity index (χ3v) is 4.75. The van der Waals surface area contributed by atoms with Crippen LogP contribution in [-0.4, -0.2) is 51.6 Å². The van der Waals surface area contributed by atoms with Gasteiger partial charge in [-0.1, -0.05) is 25.2 Å². The van der Waals surface area contributed by atoms with Crippen LogP contribution in [0.1, 0.15) is 41.0 Å². The SMILES string of the molecule is Cc1c(C(=O)N2CCNCC2)sc2nnc(C(C)C)n12. The number of rotatable bonds is 2. The molecule has 1 N–H and O–H groups in total. The van der Waals surface area contributed by atoms with Gasteiger partial charge in [-0.3, -0.25) is 9.20 Å². The van der Waals surface area contributed by atoms with Crippen molar-refractivity contribution in [3.63, 3.8) is 0 Å². The van der Waals surface area contributed by atoms with E-state index in [1.54, 1.807) is 0 Å². The molecule has 0 radical (unpaired) electrons. The van der Waals surface area contributed by atoms with E-state index in [0.717, 1.165) is 47.5 Å². The van der Waals surface area contributed by atoms with Crippen molar-refractivity contribution >= 4 is 22.2 Å². The van der Waals surface area contributed by atoms with Crippen molar-refractivity contribution in [1.82, 2.24) is 24.8 Å². The summed E-state index contributed by atoms with van der Waals surface area (Å²) in [6.45, 7) is 9.44. The second-order valence-corrected chi connectivity index (χ2v) is 6.37. The van der Waals surface area contributed by atoms with Crippen molar-refractivity contribution in [2.24, 2.45) is 0 Å². The summed E-state index contributed by atoms with van der Waals surface area (Å²) in [5, 5.41) is 11.7. The number of aromatic nitrogens is 3. The maximum absolute atomic E-state index is 12.6. The van der Waals surface area contributed by atoms with E-state index in [9.17, 15) is 4.79 Å². The summed E-state index contributed by atoms with van der Waals surface area (Å²) in [5.41, 5.74) is 0.960. The van der Waals surface area contributed by atoms with E-state index >= 15 is 0 Å². The molecule has 1 aliphatic heterocycles. The van der Waals surface area contributed by atoms with Gasteiger partial charge < -0.3 is 10.2 Å². The monoisotopic (exact) mass is 293 g/mol. The van der Waals surface area contributed by atoms with E-state index in [1.807, 2.05) is 16.2 Å². The van der Waals surface area contributed by atoms with Crippen molar-refractivity contribution in [2.75, 3.05) is 26.2 Å². The standard InChI is InChI=1S/C13H19N5OS/c1-8(2)11-15-16-13-18(11)9(3)10(20-13)12(19)17-6-4-14-5-7-17/h8,14H,4-7H2,1-3H3. The number of amides is 1. The fourth-order valence-electron chi connectivity index (χ4n) is 2.51. The van der Waals surface area contributed by atoms with Crippen LogP contribution in [0.25, 0.3) is 4.96 Å². The normalized spacial score (nSPS) is 16.3. The molecule has 1 amide bonds. The minimum Gasteiger partial charge on any atom is -0.335 e. The second-order valence-electron chi connectivity index (χ2n) is 5.39. The number of thiazole rings is 1. The number of carbonyl (C=O) groups excluding carboxylic acids is 1. The first-order valence-electron chi connectivity index (χ1n) is 6.94. The molecule has 1 aliphatic rings. The molecule has 20 heavy (non-hydrogen) atoms. The van der Waals surface area contributed by atoms with E-state index in [1.165, 1.54) is 11.3 Å². The molecule has 0 spiro atoms. The van der Waals surface area contributed by atoms with Gasteiger partial charge in [0.1, 0.15) is 10.7 Å². The lowest BCUT2D eigenvalue weighted by Gasteiger charge is -2.27. The molecule has 0 atom stereocenters. The maximum Gasteiger partial charge on any atom is 0.265 e. The molecule has 2 aromatic rings. The van der Waals surface area contributed by atoms with Gasteiger partial charge in [0, 0.05) is 37.8 Å². The zero-order valence-electron chi connectivity index (χ0n) is 12.0. The van der Waals surface area contributed by atoms with Gasteiger partial charge in [0.2, 0.25) is 4.96 Å². The zero-order valence-corrected chi connectivity index (χ0v) is 12.8. The van der Waals surface area contributed by atoms with Gasteiger partial charge >= 0.3 is 0 Å². The first kappa shape index (κ1) is 13.5. The smallest absolute Gasteiger partial charge is 0.265 e. The van der Waals surface area contributed by atoms with E-state index in [-0.39, 0.29) is 5.91 Å². The highest BCUT2D eigenvalue weighted by atomic mass is 32.1. The zero-order chi connectivity index (χ0) is 14.3. The van der Waals surface area contributed by atoms with E-state index < -0.39 is 0 Å². The third-order valence-electron chi connectivity index (χ3n) is 3.63. The predicted octanol–water partition coefficient (Wildman–Crippen LogP) is 1.27. The lowest BCUT2D eigenvalue weighted by atomic mass is 10.2. The minimum absolute atomic E-state index is 0.120. The molecule has 0 unspecified atom stereocenters. The molecule has 0 bridgehead atoms.